The number of anilines is 1. The molecule has 14 heavy (non-hydrogen) atoms. The van der Waals surface area contributed by atoms with Crippen LogP contribution in [0.1, 0.15) is 13.8 Å². The van der Waals surface area contributed by atoms with E-state index in [-0.39, 0.29) is 5.75 Å². The molecule has 1 aromatic rings. The third-order valence-corrected chi connectivity index (χ3v) is 2.62. The highest BCUT2D eigenvalue weighted by Crippen LogP contribution is 2.31. The molecule has 0 aliphatic rings. The van der Waals surface area contributed by atoms with E-state index in [1.165, 1.54) is 6.07 Å². The molecular formula is C10H14FNOS. The maximum absolute atomic E-state index is 13.2. The van der Waals surface area contributed by atoms with Gasteiger partial charge in [-0.2, -0.15) is 0 Å². The van der Waals surface area contributed by atoms with Gasteiger partial charge in [-0.25, -0.2) is 4.39 Å². The zero-order chi connectivity index (χ0) is 10.6. The van der Waals surface area contributed by atoms with E-state index in [9.17, 15) is 4.39 Å². The van der Waals surface area contributed by atoms with Gasteiger partial charge in [-0.3, -0.25) is 0 Å². The molecule has 0 atom stereocenters. The maximum Gasteiger partial charge on any atom is 0.167 e. The lowest BCUT2D eigenvalue weighted by atomic mass is 10.3. The van der Waals surface area contributed by atoms with Crippen LogP contribution in [0.2, 0.25) is 0 Å². The molecule has 1 aromatic carbocycles. The van der Waals surface area contributed by atoms with E-state index in [0.29, 0.717) is 12.3 Å². The Labute approximate surface area is 87.6 Å². The average molecular weight is 215 g/mol. The van der Waals surface area contributed by atoms with Gasteiger partial charge in [0.05, 0.1) is 6.61 Å². The molecule has 0 bridgehead atoms. The van der Waals surface area contributed by atoms with Crippen LogP contribution in [0.3, 0.4) is 0 Å². The van der Waals surface area contributed by atoms with Crippen LogP contribution < -0.4 is 10.5 Å². The highest BCUT2D eigenvalue weighted by atomic mass is 32.2. The van der Waals surface area contributed by atoms with Crippen molar-refractivity contribution in [3.05, 3.63) is 17.9 Å². The van der Waals surface area contributed by atoms with E-state index in [1.807, 2.05) is 13.8 Å². The molecule has 0 radical (unpaired) electrons. The number of benzene rings is 1. The number of rotatable bonds is 4. The van der Waals surface area contributed by atoms with Gasteiger partial charge in [-0.1, -0.05) is 6.92 Å². The van der Waals surface area contributed by atoms with Crippen molar-refractivity contribution in [1.29, 1.82) is 0 Å². The van der Waals surface area contributed by atoms with Crippen LogP contribution >= 0.6 is 11.8 Å². The molecule has 0 spiro atoms. The van der Waals surface area contributed by atoms with Crippen molar-refractivity contribution in [1.82, 2.24) is 0 Å². The van der Waals surface area contributed by atoms with Crippen LogP contribution in [0.15, 0.2) is 17.0 Å². The van der Waals surface area contributed by atoms with Crippen LogP contribution in [0.4, 0.5) is 10.1 Å². The lowest BCUT2D eigenvalue weighted by molar-refractivity contribution is 0.321. The predicted octanol–water partition coefficient (Wildman–Crippen LogP) is 2.92. The molecule has 0 unspecified atom stereocenters. The lowest BCUT2D eigenvalue weighted by Crippen LogP contribution is -1.97. The molecule has 0 aromatic heterocycles. The molecular weight excluding hydrogens is 201 g/mol. The smallest absolute Gasteiger partial charge is 0.167 e. The van der Waals surface area contributed by atoms with Gasteiger partial charge in [-0.05, 0) is 18.7 Å². The maximum atomic E-state index is 13.2. The zero-order valence-electron chi connectivity index (χ0n) is 8.34. The lowest BCUT2D eigenvalue weighted by Gasteiger charge is -2.09. The summed E-state index contributed by atoms with van der Waals surface area (Å²) < 4.78 is 18.4. The van der Waals surface area contributed by atoms with Gasteiger partial charge in [0.15, 0.2) is 11.6 Å². The topological polar surface area (TPSA) is 35.2 Å². The fraction of sp³-hybridized carbons (Fsp3) is 0.400. The SMILES string of the molecule is CCOc1cc(SCC)c(N)cc1F. The molecule has 0 fully saturated rings. The van der Waals surface area contributed by atoms with Crippen molar-refractivity contribution < 1.29 is 9.13 Å². The molecule has 2 N–H and O–H groups in total. The van der Waals surface area contributed by atoms with Gasteiger partial charge in [0.25, 0.3) is 0 Å². The minimum Gasteiger partial charge on any atom is -0.491 e. The predicted molar refractivity (Wildman–Crippen MR) is 58.4 cm³/mol. The summed E-state index contributed by atoms with van der Waals surface area (Å²) in [5, 5.41) is 0. The normalized spacial score (nSPS) is 10.2. The largest absolute Gasteiger partial charge is 0.491 e. The summed E-state index contributed by atoms with van der Waals surface area (Å²) >= 11 is 1.58. The number of nitrogen functional groups attached to an aromatic ring is 1. The summed E-state index contributed by atoms with van der Waals surface area (Å²) in [6.07, 6.45) is 0. The second kappa shape index (κ2) is 5.10. The third kappa shape index (κ3) is 2.54. The number of halogens is 1. The number of thioether (sulfide) groups is 1. The summed E-state index contributed by atoms with van der Waals surface area (Å²) in [5.41, 5.74) is 6.13. The first kappa shape index (κ1) is 11.2. The van der Waals surface area contributed by atoms with E-state index in [2.05, 4.69) is 0 Å². The minimum atomic E-state index is -0.398. The van der Waals surface area contributed by atoms with E-state index in [0.717, 1.165) is 10.6 Å². The Balaban J connectivity index is 3.00. The van der Waals surface area contributed by atoms with E-state index in [1.54, 1.807) is 17.8 Å². The standard InChI is InChI=1S/C10H14FNOS/c1-3-13-9-6-10(14-4-2)8(12)5-7(9)11/h5-6H,3-4,12H2,1-2H3. The quantitative estimate of drug-likeness (QED) is 0.619. The molecule has 0 aliphatic heterocycles. The van der Waals surface area contributed by atoms with Crippen LogP contribution in [-0.4, -0.2) is 12.4 Å². The van der Waals surface area contributed by atoms with Crippen LogP contribution in [0, 0.1) is 5.82 Å². The summed E-state index contributed by atoms with van der Waals surface area (Å²) in [6, 6.07) is 2.96. The molecule has 1 rings (SSSR count). The van der Waals surface area contributed by atoms with Crippen molar-refractivity contribution in [3.63, 3.8) is 0 Å². The van der Waals surface area contributed by atoms with Gasteiger partial charge in [0.2, 0.25) is 0 Å². The summed E-state index contributed by atoms with van der Waals surface area (Å²) in [7, 11) is 0. The Bertz CT molecular complexity index is 290. The van der Waals surface area contributed by atoms with Gasteiger partial charge in [0, 0.05) is 16.6 Å². The number of hydrogen-bond acceptors (Lipinski definition) is 3. The van der Waals surface area contributed by atoms with Crippen molar-refractivity contribution in [2.24, 2.45) is 0 Å². The second-order valence-corrected chi connectivity index (χ2v) is 3.99. The molecule has 2 nitrogen and oxygen atoms in total. The average Bonchev–Trinajstić information content (AvgIpc) is 2.14. The first-order valence-electron chi connectivity index (χ1n) is 4.53. The van der Waals surface area contributed by atoms with Crippen molar-refractivity contribution in [2.45, 2.75) is 18.7 Å². The highest BCUT2D eigenvalue weighted by molar-refractivity contribution is 7.99. The Morgan fingerprint density at radius 2 is 2.14 bits per heavy atom. The minimum absolute atomic E-state index is 0.276. The van der Waals surface area contributed by atoms with Gasteiger partial charge >= 0.3 is 0 Å². The van der Waals surface area contributed by atoms with Crippen molar-refractivity contribution in [3.8, 4) is 5.75 Å². The molecule has 4 heteroatoms. The monoisotopic (exact) mass is 215 g/mol. The molecule has 78 valence electrons. The number of nitrogens with two attached hydrogens (primary N) is 1. The Morgan fingerprint density at radius 3 is 2.71 bits per heavy atom. The Morgan fingerprint density at radius 1 is 1.43 bits per heavy atom. The van der Waals surface area contributed by atoms with Crippen molar-refractivity contribution >= 4 is 17.4 Å². The fourth-order valence-electron chi connectivity index (χ4n) is 1.10. The van der Waals surface area contributed by atoms with E-state index >= 15 is 0 Å². The number of ether oxygens (including phenoxy) is 1. The summed E-state index contributed by atoms with van der Waals surface area (Å²) in [5.74, 6) is 0.781. The Hall–Kier alpha value is -0.900. The first-order valence-corrected chi connectivity index (χ1v) is 5.52. The van der Waals surface area contributed by atoms with Gasteiger partial charge in [-0.15, -0.1) is 11.8 Å². The highest BCUT2D eigenvalue weighted by Gasteiger charge is 2.08. The van der Waals surface area contributed by atoms with Crippen molar-refractivity contribution in [2.75, 3.05) is 18.1 Å². The summed E-state index contributed by atoms with van der Waals surface area (Å²) in [6.45, 7) is 4.30. The molecule has 0 saturated heterocycles. The van der Waals surface area contributed by atoms with Gasteiger partial charge < -0.3 is 10.5 Å². The first-order chi connectivity index (χ1) is 6.69. The zero-order valence-corrected chi connectivity index (χ0v) is 9.16. The van der Waals surface area contributed by atoms with Crippen LogP contribution in [-0.2, 0) is 0 Å². The van der Waals surface area contributed by atoms with E-state index in [4.69, 9.17) is 10.5 Å². The molecule has 0 aliphatic carbocycles. The third-order valence-electron chi connectivity index (χ3n) is 1.66. The second-order valence-electron chi connectivity index (χ2n) is 2.69. The van der Waals surface area contributed by atoms with E-state index < -0.39 is 5.82 Å². The van der Waals surface area contributed by atoms with Crippen LogP contribution in [0.5, 0.6) is 5.75 Å². The molecule has 0 amide bonds. The fourth-order valence-corrected chi connectivity index (χ4v) is 1.82. The summed E-state index contributed by atoms with van der Waals surface area (Å²) in [4.78, 5) is 0.873. The molecule has 0 saturated carbocycles. The van der Waals surface area contributed by atoms with Crippen LogP contribution in [0.25, 0.3) is 0 Å². The number of hydrogen-bond donors (Lipinski definition) is 1. The Kier molecular flexibility index (Phi) is 4.07. The van der Waals surface area contributed by atoms with Gasteiger partial charge in [0.1, 0.15) is 0 Å². The molecule has 0 heterocycles.